The van der Waals surface area contributed by atoms with Gasteiger partial charge < -0.3 is 15.2 Å². The first-order valence-corrected chi connectivity index (χ1v) is 10.5. The highest BCUT2D eigenvalue weighted by Gasteiger charge is 2.31. The Kier molecular flexibility index (Phi) is 5.85. The van der Waals surface area contributed by atoms with Gasteiger partial charge in [0, 0.05) is 31.9 Å². The number of hydrogen-bond acceptors (Lipinski definition) is 4. The van der Waals surface area contributed by atoms with E-state index in [2.05, 4.69) is 4.98 Å². The summed E-state index contributed by atoms with van der Waals surface area (Å²) in [6, 6.07) is 12.6. The van der Waals surface area contributed by atoms with Gasteiger partial charge in [-0.3, -0.25) is 4.79 Å². The largest absolute Gasteiger partial charge is 0.507 e. The lowest BCUT2D eigenvalue weighted by atomic mass is 9.98. The monoisotopic (exact) mass is 491 g/mol. The molecule has 0 amide bonds. The average Bonchev–Trinajstić information content (AvgIpc) is 2.75. The van der Waals surface area contributed by atoms with Crippen molar-refractivity contribution in [3.8, 4) is 16.9 Å². The van der Waals surface area contributed by atoms with E-state index in [9.17, 15) is 27.9 Å². The molecule has 168 valence electrons. The van der Waals surface area contributed by atoms with Gasteiger partial charge in [0.25, 0.3) is 5.56 Å². The van der Waals surface area contributed by atoms with Gasteiger partial charge in [-0.15, -0.1) is 0 Å². The Morgan fingerprint density at radius 2 is 1.70 bits per heavy atom. The van der Waals surface area contributed by atoms with E-state index in [1.165, 1.54) is 42.5 Å². The van der Waals surface area contributed by atoms with Gasteiger partial charge in [-0.05, 0) is 60.7 Å². The van der Waals surface area contributed by atoms with Gasteiger partial charge in [0.05, 0.1) is 16.0 Å². The number of alkyl halides is 3. The van der Waals surface area contributed by atoms with E-state index in [-0.39, 0.29) is 43.3 Å². The standard InChI is InChI=1S/C23H13ClF3NO4S/c24-13-4-8-18(29)16(10-13)19-15-9-12(23(25,26)27)3-7-17(15)28-21(30)20(19)33-14-5-1-11(2-6-14)22(31)32/h1-10,29H,(H,28,30)(H,31,32). The Hall–Kier alpha value is -3.43. The number of aromatic carboxylic acids is 1. The van der Waals surface area contributed by atoms with Crippen LogP contribution in [0.4, 0.5) is 13.2 Å². The molecule has 5 nitrogen and oxygen atoms in total. The maximum absolute atomic E-state index is 13.4. The van der Waals surface area contributed by atoms with Crippen molar-refractivity contribution >= 4 is 40.2 Å². The van der Waals surface area contributed by atoms with Crippen molar-refractivity contribution in [2.24, 2.45) is 0 Å². The molecule has 3 aromatic carbocycles. The molecule has 33 heavy (non-hydrogen) atoms. The van der Waals surface area contributed by atoms with Crippen molar-refractivity contribution in [2.75, 3.05) is 0 Å². The number of H-pyrrole nitrogens is 1. The summed E-state index contributed by atoms with van der Waals surface area (Å²) in [6.07, 6.45) is -4.63. The van der Waals surface area contributed by atoms with E-state index in [0.29, 0.717) is 4.90 Å². The summed E-state index contributed by atoms with van der Waals surface area (Å²) in [5.74, 6) is -1.40. The fourth-order valence-corrected chi connectivity index (χ4v) is 4.45. The van der Waals surface area contributed by atoms with Gasteiger partial charge in [0.15, 0.2) is 0 Å². The van der Waals surface area contributed by atoms with Crippen LogP contribution in [0.15, 0.2) is 75.2 Å². The van der Waals surface area contributed by atoms with Crippen LogP contribution >= 0.6 is 23.4 Å². The molecule has 10 heteroatoms. The minimum Gasteiger partial charge on any atom is -0.507 e. The highest BCUT2D eigenvalue weighted by molar-refractivity contribution is 7.99. The quantitative estimate of drug-likeness (QED) is 0.306. The topological polar surface area (TPSA) is 90.4 Å². The highest BCUT2D eigenvalue weighted by Crippen LogP contribution is 2.43. The molecule has 0 unspecified atom stereocenters. The number of carboxylic acid groups (broad SMARTS) is 1. The average molecular weight is 492 g/mol. The first kappa shape index (κ1) is 22.8. The SMILES string of the molecule is O=C(O)c1ccc(Sc2c(-c3cc(Cl)ccc3O)c3cc(C(F)(F)F)ccc3[nH]c2=O)cc1. The van der Waals surface area contributed by atoms with E-state index >= 15 is 0 Å². The van der Waals surface area contributed by atoms with E-state index in [0.717, 1.165) is 30.0 Å². The lowest BCUT2D eigenvalue weighted by molar-refractivity contribution is -0.137. The maximum atomic E-state index is 13.4. The van der Waals surface area contributed by atoms with Crippen molar-refractivity contribution in [3.63, 3.8) is 0 Å². The molecule has 1 aromatic heterocycles. The van der Waals surface area contributed by atoms with Crippen molar-refractivity contribution in [2.45, 2.75) is 16.0 Å². The predicted octanol–water partition coefficient (Wildman–Crippen LogP) is 6.42. The van der Waals surface area contributed by atoms with E-state index in [1.54, 1.807) is 0 Å². The van der Waals surface area contributed by atoms with E-state index < -0.39 is 23.3 Å². The minimum atomic E-state index is -4.63. The summed E-state index contributed by atoms with van der Waals surface area (Å²) in [7, 11) is 0. The molecule has 0 radical (unpaired) electrons. The molecule has 0 saturated carbocycles. The molecule has 0 aliphatic rings. The number of carbonyl (C=O) groups is 1. The number of rotatable bonds is 4. The molecular weight excluding hydrogens is 479 g/mol. The first-order chi connectivity index (χ1) is 15.5. The summed E-state index contributed by atoms with van der Waals surface area (Å²) in [4.78, 5) is 27.1. The van der Waals surface area contributed by atoms with Crippen LogP contribution in [0, 0.1) is 0 Å². The number of fused-ring (bicyclic) bond motifs is 1. The second-order valence-electron chi connectivity index (χ2n) is 7.01. The molecule has 0 atom stereocenters. The van der Waals surface area contributed by atoms with Crippen LogP contribution in [0.3, 0.4) is 0 Å². The Bertz CT molecular complexity index is 1450. The van der Waals surface area contributed by atoms with Gasteiger partial charge in [0.2, 0.25) is 0 Å². The maximum Gasteiger partial charge on any atom is 0.416 e. The third-order valence-corrected chi connectivity index (χ3v) is 6.18. The summed E-state index contributed by atoms with van der Waals surface area (Å²) in [5, 5.41) is 19.8. The van der Waals surface area contributed by atoms with Crippen LogP contribution in [0.5, 0.6) is 5.75 Å². The number of aromatic hydroxyl groups is 1. The Labute approximate surface area is 193 Å². The van der Waals surface area contributed by atoms with Crippen molar-refractivity contribution in [3.05, 3.63) is 87.2 Å². The van der Waals surface area contributed by atoms with Crippen molar-refractivity contribution in [1.29, 1.82) is 0 Å². The van der Waals surface area contributed by atoms with E-state index in [4.69, 9.17) is 16.7 Å². The molecule has 0 saturated heterocycles. The predicted molar refractivity (Wildman–Crippen MR) is 119 cm³/mol. The summed E-state index contributed by atoms with van der Waals surface area (Å²) in [6.45, 7) is 0. The Morgan fingerprint density at radius 1 is 1.00 bits per heavy atom. The molecule has 0 bridgehead atoms. The summed E-state index contributed by atoms with van der Waals surface area (Å²) in [5.41, 5.74) is -1.17. The van der Waals surface area contributed by atoms with Gasteiger partial charge in [-0.25, -0.2) is 4.79 Å². The van der Waals surface area contributed by atoms with Crippen LogP contribution in [-0.2, 0) is 6.18 Å². The lowest BCUT2D eigenvalue weighted by Gasteiger charge is -2.16. The molecule has 0 aliphatic carbocycles. The molecular formula is C23H13ClF3NO4S. The van der Waals surface area contributed by atoms with Gasteiger partial charge in [-0.1, -0.05) is 23.4 Å². The Balaban J connectivity index is 2.02. The first-order valence-electron chi connectivity index (χ1n) is 9.32. The van der Waals surface area contributed by atoms with Gasteiger partial charge in [-0.2, -0.15) is 13.2 Å². The molecule has 0 aliphatic heterocycles. The lowest BCUT2D eigenvalue weighted by Crippen LogP contribution is -2.12. The zero-order valence-corrected chi connectivity index (χ0v) is 18.0. The zero-order chi connectivity index (χ0) is 23.9. The van der Waals surface area contributed by atoms with Crippen LogP contribution in [0.25, 0.3) is 22.0 Å². The third-order valence-electron chi connectivity index (χ3n) is 4.85. The van der Waals surface area contributed by atoms with E-state index in [1.807, 2.05) is 0 Å². The van der Waals surface area contributed by atoms with Gasteiger partial charge >= 0.3 is 12.1 Å². The number of carboxylic acids is 1. The number of halogens is 4. The molecule has 1 heterocycles. The normalized spacial score (nSPS) is 11.6. The van der Waals surface area contributed by atoms with Crippen molar-refractivity contribution < 1.29 is 28.2 Å². The smallest absolute Gasteiger partial charge is 0.416 e. The minimum absolute atomic E-state index is 0.0162. The molecule has 4 rings (SSSR count). The second-order valence-corrected chi connectivity index (χ2v) is 8.53. The number of aromatic nitrogens is 1. The molecule has 3 N–H and O–H groups in total. The van der Waals surface area contributed by atoms with Crippen LogP contribution in [0.1, 0.15) is 15.9 Å². The van der Waals surface area contributed by atoms with Crippen molar-refractivity contribution in [1.82, 2.24) is 4.98 Å². The number of nitrogens with one attached hydrogen (secondary N) is 1. The van der Waals surface area contributed by atoms with Crippen LogP contribution < -0.4 is 5.56 Å². The second kappa shape index (κ2) is 8.49. The number of pyridine rings is 1. The van der Waals surface area contributed by atoms with Gasteiger partial charge in [0.1, 0.15) is 5.75 Å². The number of benzene rings is 3. The van der Waals surface area contributed by atoms with Crippen LogP contribution in [-0.4, -0.2) is 21.2 Å². The third kappa shape index (κ3) is 4.55. The molecule has 0 spiro atoms. The summed E-state index contributed by atoms with van der Waals surface area (Å²) < 4.78 is 40.3. The number of phenolic OH excluding ortho intramolecular Hbond substituents is 1. The molecule has 0 fully saturated rings. The fourth-order valence-electron chi connectivity index (χ4n) is 3.31. The van der Waals surface area contributed by atoms with Crippen LogP contribution in [0.2, 0.25) is 5.02 Å². The number of phenols is 1. The number of aromatic amines is 1. The zero-order valence-electron chi connectivity index (χ0n) is 16.4. The molecule has 4 aromatic rings. The highest BCUT2D eigenvalue weighted by atomic mass is 35.5. The summed E-state index contributed by atoms with van der Waals surface area (Å²) >= 11 is 7.01. The number of hydrogen-bond donors (Lipinski definition) is 3. The fraction of sp³-hybridized carbons (Fsp3) is 0.0435. The Morgan fingerprint density at radius 3 is 2.33 bits per heavy atom.